The van der Waals surface area contributed by atoms with E-state index in [0.717, 1.165) is 62.1 Å². The third-order valence-corrected chi connectivity index (χ3v) is 5.97. The van der Waals surface area contributed by atoms with Gasteiger partial charge in [-0.25, -0.2) is 0 Å². The van der Waals surface area contributed by atoms with E-state index in [1.54, 1.807) is 6.20 Å². The molecule has 1 aromatic heterocycles. The van der Waals surface area contributed by atoms with Crippen molar-refractivity contribution < 1.29 is 4.79 Å². The number of aromatic nitrogens is 1. The lowest BCUT2D eigenvalue weighted by Gasteiger charge is -2.37. The summed E-state index contributed by atoms with van der Waals surface area (Å²) in [6, 6.07) is 10.0. The summed E-state index contributed by atoms with van der Waals surface area (Å²) >= 11 is 6.13. The first-order chi connectivity index (χ1) is 13.6. The van der Waals surface area contributed by atoms with Gasteiger partial charge in [-0.3, -0.25) is 9.78 Å². The molecule has 3 heterocycles. The van der Waals surface area contributed by atoms with E-state index >= 15 is 0 Å². The van der Waals surface area contributed by atoms with Crippen LogP contribution in [0.2, 0.25) is 5.02 Å². The van der Waals surface area contributed by atoms with Gasteiger partial charge in [0.25, 0.3) is 5.91 Å². The van der Waals surface area contributed by atoms with Gasteiger partial charge >= 0.3 is 0 Å². The van der Waals surface area contributed by atoms with E-state index in [1.165, 1.54) is 6.42 Å². The zero-order chi connectivity index (χ0) is 19.5. The molecule has 148 valence electrons. The second-order valence-electron chi connectivity index (χ2n) is 7.88. The van der Waals surface area contributed by atoms with Crippen LogP contribution >= 0.6 is 11.6 Å². The molecule has 0 bridgehead atoms. The Bertz CT molecular complexity index is 835. The van der Waals surface area contributed by atoms with E-state index in [9.17, 15) is 4.79 Å². The number of benzene rings is 1. The van der Waals surface area contributed by atoms with Gasteiger partial charge < -0.3 is 14.7 Å². The average molecular weight is 399 g/mol. The van der Waals surface area contributed by atoms with Gasteiger partial charge in [-0.1, -0.05) is 24.6 Å². The van der Waals surface area contributed by atoms with Crippen LogP contribution in [-0.2, 0) is 0 Å². The van der Waals surface area contributed by atoms with Gasteiger partial charge in [0.05, 0.1) is 17.4 Å². The summed E-state index contributed by atoms with van der Waals surface area (Å²) in [5, 5.41) is 0.766. The molecular formula is C22H27ClN4O. The third-order valence-electron chi connectivity index (χ3n) is 5.73. The van der Waals surface area contributed by atoms with Crippen LogP contribution in [0.5, 0.6) is 0 Å². The number of pyridine rings is 1. The Balaban J connectivity index is 1.42. The van der Waals surface area contributed by atoms with Crippen LogP contribution in [0.3, 0.4) is 0 Å². The van der Waals surface area contributed by atoms with E-state index < -0.39 is 0 Å². The Morgan fingerprint density at radius 2 is 1.79 bits per heavy atom. The van der Waals surface area contributed by atoms with Crippen molar-refractivity contribution in [1.82, 2.24) is 9.88 Å². The third kappa shape index (κ3) is 4.25. The highest BCUT2D eigenvalue weighted by molar-refractivity contribution is 6.30. The van der Waals surface area contributed by atoms with Crippen LogP contribution in [0, 0.1) is 5.92 Å². The number of rotatable bonds is 3. The number of nitrogens with zero attached hydrogens (tertiary/aromatic N) is 4. The van der Waals surface area contributed by atoms with Crippen molar-refractivity contribution in [3.8, 4) is 0 Å². The second-order valence-corrected chi connectivity index (χ2v) is 8.32. The van der Waals surface area contributed by atoms with Crippen molar-refractivity contribution in [1.29, 1.82) is 0 Å². The maximum atomic E-state index is 12.9. The van der Waals surface area contributed by atoms with E-state index in [4.69, 9.17) is 11.6 Å². The van der Waals surface area contributed by atoms with Crippen LogP contribution in [0.15, 0.2) is 42.7 Å². The van der Waals surface area contributed by atoms with Crippen LogP contribution in [0.1, 0.15) is 30.1 Å². The predicted octanol–water partition coefficient (Wildman–Crippen LogP) is 3.93. The number of hydrogen-bond acceptors (Lipinski definition) is 4. The zero-order valence-electron chi connectivity index (χ0n) is 16.4. The van der Waals surface area contributed by atoms with Gasteiger partial charge in [-0.15, -0.1) is 0 Å². The van der Waals surface area contributed by atoms with Gasteiger partial charge in [-0.2, -0.15) is 0 Å². The molecule has 0 aliphatic carbocycles. The molecule has 2 fully saturated rings. The van der Waals surface area contributed by atoms with Gasteiger partial charge in [0, 0.05) is 56.2 Å². The molecule has 5 nitrogen and oxygen atoms in total. The lowest BCUT2D eigenvalue weighted by Crippen LogP contribution is -2.46. The highest BCUT2D eigenvalue weighted by atomic mass is 35.5. The standard InChI is InChI=1S/C22H27ClN4O/c1-17-4-3-7-27(16-17)22(28)18-12-21(15-24-14-18)26-10-8-25(9-11-26)20-6-2-5-19(23)13-20/h2,5-6,12-15,17H,3-4,7-11,16H2,1H3. The number of piperazine rings is 1. The van der Waals surface area contributed by atoms with Crippen molar-refractivity contribution >= 4 is 28.9 Å². The highest BCUT2D eigenvalue weighted by Gasteiger charge is 2.24. The predicted molar refractivity (Wildman–Crippen MR) is 114 cm³/mol. The van der Waals surface area contributed by atoms with Crippen molar-refractivity contribution in [3.63, 3.8) is 0 Å². The van der Waals surface area contributed by atoms with E-state index in [1.807, 2.05) is 35.4 Å². The molecule has 1 atom stereocenters. The smallest absolute Gasteiger partial charge is 0.255 e. The largest absolute Gasteiger partial charge is 0.368 e. The molecule has 0 radical (unpaired) electrons. The van der Waals surface area contributed by atoms with Crippen molar-refractivity contribution in [2.45, 2.75) is 19.8 Å². The first-order valence-electron chi connectivity index (χ1n) is 10.1. The maximum absolute atomic E-state index is 12.9. The molecular weight excluding hydrogens is 372 g/mol. The molecule has 28 heavy (non-hydrogen) atoms. The van der Waals surface area contributed by atoms with Gasteiger partial charge in [0.2, 0.25) is 0 Å². The summed E-state index contributed by atoms with van der Waals surface area (Å²) in [4.78, 5) is 23.9. The molecule has 2 aliphatic rings. The first kappa shape index (κ1) is 19.1. The summed E-state index contributed by atoms with van der Waals surface area (Å²) in [5.41, 5.74) is 2.89. The fourth-order valence-corrected chi connectivity index (χ4v) is 4.35. The number of halogens is 1. The number of hydrogen-bond donors (Lipinski definition) is 0. The van der Waals surface area contributed by atoms with Gasteiger partial charge in [-0.05, 0) is 43.0 Å². The molecule has 0 N–H and O–H groups in total. The van der Waals surface area contributed by atoms with Crippen molar-refractivity contribution in [3.05, 3.63) is 53.3 Å². The molecule has 0 saturated carbocycles. The molecule has 2 aliphatic heterocycles. The minimum absolute atomic E-state index is 0.110. The van der Waals surface area contributed by atoms with Crippen LogP contribution in [0.4, 0.5) is 11.4 Å². The van der Waals surface area contributed by atoms with Gasteiger partial charge in [0.15, 0.2) is 0 Å². The van der Waals surface area contributed by atoms with Crippen molar-refractivity contribution in [2.24, 2.45) is 5.92 Å². The first-order valence-corrected chi connectivity index (χ1v) is 10.5. The lowest BCUT2D eigenvalue weighted by molar-refractivity contribution is 0.0682. The minimum atomic E-state index is 0.110. The van der Waals surface area contributed by atoms with E-state index in [0.29, 0.717) is 11.5 Å². The molecule has 2 aromatic rings. The molecule has 2 saturated heterocycles. The average Bonchev–Trinajstić information content (AvgIpc) is 2.73. The van der Waals surface area contributed by atoms with E-state index in [2.05, 4.69) is 27.8 Å². The Hall–Kier alpha value is -2.27. The second kappa shape index (κ2) is 8.39. The number of anilines is 2. The Labute approximate surface area is 171 Å². The SMILES string of the molecule is CC1CCCN(C(=O)c2cncc(N3CCN(c4cccc(Cl)c4)CC3)c2)C1. The Morgan fingerprint density at radius 3 is 2.50 bits per heavy atom. The topological polar surface area (TPSA) is 39.7 Å². The molecule has 1 amide bonds. The minimum Gasteiger partial charge on any atom is -0.368 e. The molecule has 4 rings (SSSR count). The normalized spacial score (nSPS) is 20.4. The molecule has 1 unspecified atom stereocenters. The summed E-state index contributed by atoms with van der Waals surface area (Å²) in [5.74, 6) is 0.687. The Morgan fingerprint density at radius 1 is 1.04 bits per heavy atom. The molecule has 0 spiro atoms. The number of carbonyl (C=O) groups excluding carboxylic acids is 1. The summed E-state index contributed by atoms with van der Waals surface area (Å²) in [7, 11) is 0. The van der Waals surface area contributed by atoms with Crippen molar-refractivity contribution in [2.75, 3.05) is 49.1 Å². The van der Waals surface area contributed by atoms with Crippen LogP contribution < -0.4 is 9.80 Å². The monoisotopic (exact) mass is 398 g/mol. The molecule has 1 aromatic carbocycles. The summed E-state index contributed by atoms with van der Waals surface area (Å²) < 4.78 is 0. The number of amides is 1. The Kier molecular flexibility index (Phi) is 5.72. The van der Waals surface area contributed by atoms with Gasteiger partial charge in [0.1, 0.15) is 0 Å². The van der Waals surface area contributed by atoms with Crippen LogP contribution in [-0.4, -0.2) is 55.1 Å². The fourth-order valence-electron chi connectivity index (χ4n) is 4.17. The highest BCUT2D eigenvalue weighted by Crippen LogP contribution is 2.24. The number of piperidine rings is 1. The zero-order valence-corrected chi connectivity index (χ0v) is 17.1. The van der Waals surface area contributed by atoms with Crippen LogP contribution in [0.25, 0.3) is 0 Å². The quantitative estimate of drug-likeness (QED) is 0.785. The number of likely N-dealkylation sites (tertiary alicyclic amines) is 1. The number of carbonyl (C=O) groups is 1. The fraction of sp³-hybridized carbons (Fsp3) is 0.455. The van der Waals surface area contributed by atoms with E-state index in [-0.39, 0.29) is 5.91 Å². The lowest BCUT2D eigenvalue weighted by atomic mass is 10.00. The molecule has 6 heteroatoms. The summed E-state index contributed by atoms with van der Waals surface area (Å²) in [6.07, 6.45) is 5.86. The maximum Gasteiger partial charge on any atom is 0.255 e. The summed E-state index contributed by atoms with van der Waals surface area (Å²) in [6.45, 7) is 7.55.